The van der Waals surface area contributed by atoms with Crippen LogP contribution in [0.2, 0.25) is 0 Å². The van der Waals surface area contributed by atoms with E-state index >= 15 is 0 Å². The van der Waals surface area contributed by atoms with E-state index in [-0.39, 0.29) is 0 Å². The minimum absolute atomic E-state index is 0.438. The van der Waals surface area contributed by atoms with Crippen molar-refractivity contribution >= 4 is 23.8 Å². The van der Waals surface area contributed by atoms with Crippen molar-refractivity contribution in [2.45, 2.75) is 24.6 Å². The van der Waals surface area contributed by atoms with Crippen LogP contribution in [0.4, 0.5) is 4.79 Å². The summed E-state index contributed by atoms with van der Waals surface area (Å²) in [5, 5.41) is 22.4. The molecule has 6 nitrogen and oxygen atoms in total. The Kier molecular flexibility index (Phi) is 7.74. The van der Waals surface area contributed by atoms with E-state index in [4.69, 9.17) is 10.2 Å². The fourth-order valence-corrected chi connectivity index (χ4v) is 1.26. The van der Waals surface area contributed by atoms with E-state index in [1.54, 1.807) is 11.8 Å². The normalized spacial score (nSPS) is 13.9. The average Bonchev–Trinajstić information content (AvgIpc) is 2.25. The number of hydrogen-bond acceptors (Lipinski definition) is 4. The lowest BCUT2D eigenvalue weighted by Crippen LogP contribution is -2.48. The highest BCUT2D eigenvalue weighted by Crippen LogP contribution is 2.07. The number of hydrogen-bond donors (Lipinski definition) is 4. The third kappa shape index (κ3) is 6.52. The van der Waals surface area contributed by atoms with E-state index in [9.17, 15) is 9.59 Å². The Labute approximate surface area is 98.8 Å². The first kappa shape index (κ1) is 15.0. The van der Waals surface area contributed by atoms with E-state index in [0.29, 0.717) is 11.8 Å². The molecule has 4 N–H and O–H groups in total. The summed E-state index contributed by atoms with van der Waals surface area (Å²) >= 11 is 1.69. The lowest BCUT2D eigenvalue weighted by Gasteiger charge is -2.13. The molecule has 0 saturated heterocycles. The van der Waals surface area contributed by atoms with Crippen LogP contribution in [0.5, 0.6) is 0 Å². The zero-order chi connectivity index (χ0) is 12.6. The van der Waals surface area contributed by atoms with Gasteiger partial charge in [-0.1, -0.05) is 6.92 Å². The number of aliphatic hydroxyl groups is 1. The van der Waals surface area contributed by atoms with Crippen molar-refractivity contribution in [2.24, 2.45) is 0 Å². The molecule has 1 unspecified atom stereocenters. The highest BCUT2D eigenvalue weighted by molar-refractivity contribution is 7.99. The molecule has 0 aromatic rings. The topological polar surface area (TPSA) is 98.7 Å². The molecule has 2 amide bonds. The lowest BCUT2D eigenvalue weighted by atomic mass is 10.3. The number of rotatable bonds is 7. The molecule has 0 rings (SSSR count). The van der Waals surface area contributed by atoms with Gasteiger partial charge in [0.1, 0.15) is 0 Å². The standard InChI is InChI=1S/C9H18N2O4S/c1-6(16-2)3-4-10-9(15)11-7(5-12)8(13)14/h6-7,12H,3-5H2,1-2H3,(H,13,14)(H2,10,11,15)/t6?,7-/m1/s1. The van der Waals surface area contributed by atoms with Gasteiger partial charge in [-0.05, 0) is 12.7 Å². The molecule has 2 atom stereocenters. The van der Waals surface area contributed by atoms with Gasteiger partial charge in [0.25, 0.3) is 0 Å². The molecule has 0 spiro atoms. The van der Waals surface area contributed by atoms with Gasteiger partial charge in [0.2, 0.25) is 0 Å². The van der Waals surface area contributed by atoms with Gasteiger partial charge < -0.3 is 20.8 Å². The quantitative estimate of drug-likeness (QED) is 0.504. The number of nitrogens with one attached hydrogen (secondary N) is 2. The number of thioether (sulfide) groups is 1. The highest BCUT2D eigenvalue weighted by atomic mass is 32.2. The highest BCUT2D eigenvalue weighted by Gasteiger charge is 2.18. The van der Waals surface area contributed by atoms with Crippen molar-refractivity contribution in [3.63, 3.8) is 0 Å². The number of carbonyl (C=O) groups is 2. The molecular formula is C9H18N2O4S. The number of carboxylic acids is 1. The summed E-state index contributed by atoms with van der Waals surface area (Å²) in [6.07, 6.45) is 2.79. The largest absolute Gasteiger partial charge is 0.480 e. The molecule has 0 aromatic carbocycles. The van der Waals surface area contributed by atoms with Crippen LogP contribution in [0.3, 0.4) is 0 Å². The third-order valence-electron chi connectivity index (χ3n) is 2.02. The van der Waals surface area contributed by atoms with Crippen molar-refractivity contribution in [2.75, 3.05) is 19.4 Å². The zero-order valence-electron chi connectivity index (χ0n) is 9.40. The van der Waals surface area contributed by atoms with E-state index in [1.165, 1.54) is 0 Å². The van der Waals surface area contributed by atoms with E-state index in [0.717, 1.165) is 6.42 Å². The second kappa shape index (κ2) is 8.23. The van der Waals surface area contributed by atoms with Gasteiger partial charge in [-0.25, -0.2) is 9.59 Å². The average molecular weight is 250 g/mol. The first-order valence-electron chi connectivity index (χ1n) is 4.92. The fourth-order valence-electron chi connectivity index (χ4n) is 0.902. The van der Waals surface area contributed by atoms with Crippen molar-refractivity contribution in [3.05, 3.63) is 0 Å². The summed E-state index contributed by atoms with van der Waals surface area (Å²) in [6.45, 7) is 1.90. The van der Waals surface area contributed by atoms with Crippen LogP contribution in [-0.4, -0.2) is 52.9 Å². The maximum absolute atomic E-state index is 11.2. The predicted molar refractivity (Wildman–Crippen MR) is 62.6 cm³/mol. The van der Waals surface area contributed by atoms with Crippen molar-refractivity contribution < 1.29 is 19.8 Å². The first-order valence-corrected chi connectivity index (χ1v) is 6.20. The molecule has 0 aromatic heterocycles. The summed E-state index contributed by atoms with van der Waals surface area (Å²) in [4.78, 5) is 21.7. The Morgan fingerprint density at radius 3 is 2.50 bits per heavy atom. The molecule has 0 aliphatic heterocycles. The maximum atomic E-state index is 11.2. The van der Waals surface area contributed by atoms with E-state index in [1.807, 2.05) is 13.2 Å². The SMILES string of the molecule is CSC(C)CCNC(=O)N[C@H](CO)C(=O)O. The second-order valence-corrected chi connectivity index (χ2v) is 4.58. The first-order chi connectivity index (χ1) is 7.51. The molecule has 0 radical (unpaired) electrons. The van der Waals surface area contributed by atoms with E-state index < -0.39 is 24.6 Å². The van der Waals surface area contributed by atoms with Gasteiger partial charge in [0.05, 0.1) is 6.61 Å². The Bertz CT molecular complexity index is 238. The fraction of sp³-hybridized carbons (Fsp3) is 0.778. The minimum Gasteiger partial charge on any atom is -0.480 e. The number of carbonyl (C=O) groups excluding carboxylic acids is 1. The monoisotopic (exact) mass is 250 g/mol. The number of carboxylic acid groups (broad SMARTS) is 1. The van der Waals surface area contributed by atoms with Gasteiger partial charge >= 0.3 is 12.0 Å². The van der Waals surface area contributed by atoms with Crippen LogP contribution in [-0.2, 0) is 4.79 Å². The Hall–Kier alpha value is -0.950. The van der Waals surface area contributed by atoms with Gasteiger partial charge in [-0.15, -0.1) is 0 Å². The lowest BCUT2D eigenvalue weighted by molar-refractivity contribution is -0.140. The number of urea groups is 1. The molecule has 0 bridgehead atoms. The number of amides is 2. The van der Waals surface area contributed by atoms with Crippen molar-refractivity contribution in [1.82, 2.24) is 10.6 Å². The molecule has 0 aliphatic carbocycles. The molecule has 16 heavy (non-hydrogen) atoms. The molecule has 0 aliphatic rings. The molecule has 0 heterocycles. The second-order valence-electron chi connectivity index (χ2n) is 3.31. The predicted octanol–water partition coefficient (Wildman–Crippen LogP) is -0.127. The maximum Gasteiger partial charge on any atom is 0.328 e. The summed E-state index contributed by atoms with van der Waals surface area (Å²) in [5.41, 5.74) is 0. The number of aliphatic carboxylic acids is 1. The van der Waals surface area contributed by atoms with Crippen molar-refractivity contribution in [3.8, 4) is 0 Å². The summed E-state index contributed by atoms with van der Waals surface area (Å²) in [6, 6.07) is -1.83. The molecular weight excluding hydrogens is 232 g/mol. The minimum atomic E-state index is -1.25. The summed E-state index contributed by atoms with van der Waals surface area (Å²) in [7, 11) is 0. The van der Waals surface area contributed by atoms with Crippen molar-refractivity contribution in [1.29, 1.82) is 0 Å². The molecule has 0 saturated carbocycles. The van der Waals surface area contributed by atoms with Gasteiger partial charge in [0.15, 0.2) is 6.04 Å². The van der Waals surface area contributed by atoms with Crippen LogP contribution in [0.1, 0.15) is 13.3 Å². The molecule has 7 heteroatoms. The molecule has 94 valence electrons. The zero-order valence-corrected chi connectivity index (χ0v) is 10.2. The number of aliphatic hydroxyl groups excluding tert-OH is 1. The van der Waals surface area contributed by atoms with Crippen LogP contribution in [0, 0.1) is 0 Å². The Balaban J connectivity index is 3.77. The Morgan fingerprint density at radius 2 is 2.06 bits per heavy atom. The summed E-state index contributed by atoms with van der Waals surface area (Å²) in [5.74, 6) is -1.25. The van der Waals surface area contributed by atoms with Crippen LogP contribution in [0.25, 0.3) is 0 Å². The van der Waals surface area contributed by atoms with Gasteiger partial charge in [-0.3, -0.25) is 0 Å². The smallest absolute Gasteiger partial charge is 0.328 e. The van der Waals surface area contributed by atoms with Crippen LogP contribution in [0.15, 0.2) is 0 Å². The third-order valence-corrected chi connectivity index (χ3v) is 3.07. The van der Waals surface area contributed by atoms with E-state index in [2.05, 4.69) is 10.6 Å². The Morgan fingerprint density at radius 1 is 1.44 bits per heavy atom. The van der Waals surface area contributed by atoms with Gasteiger partial charge in [-0.2, -0.15) is 11.8 Å². The van der Waals surface area contributed by atoms with Crippen LogP contribution >= 0.6 is 11.8 Å². The van der Waals surface area contributed by atoms with Gasteiger partial charge in [0, 0.05) is 11.8 Å². The van der Waals surface area contributed by atoms with Crippen LogP contribution < -0.4 is 10.6 Å². The molecule has 0 fully saturated rings. The summed E-state index contributed by atoms with van der Waals surface area (Å²) < 4.78 is 0.